The Balaban J connectivity index is 0. The number of hydrogen-bond acceptors (Lipinski definition) is 2. The van der Waals surface area contributed by atoms with Crippen molar-refractivity contribution in [2.75, 3.05) is 21.1 Å². The SMILES string of the molecule is C=CC(=O)OC(C)(C)[N+](C)(C)C.[Br-]. The van der Waals surface area contributed by atoms with Crippen LogP contribution < -0.4 is 17.0 Å². The Hall–Kier alpha value is -0.350. The van der Waals surface area contributed by atoms with Gasteiger partial charge in [0.05, 0.1) is 21.1 Å². The molecule has 3 nitrogen and oxygen atoms in total. The second-order valence-corrected chi connectivity index (χ2v) is 4.08. The molecule has 0 aliphatic carbocycles. The summed E-state index contributed by atoms with van der Waals surface area (Å²) in [6, 6.07) is 0. The van der Waals surface area contributed by atoms with Crippen LogP contribution in [0.4, 0.5) is 0 Å². The lowest BCUT2D eigenvalue weighted by Crippen LogP contribution is -3.00. The highest BCUT2D eigenvalue weighted by atomic mass is 79.9. The Labute approximate surface area is 90.7 Å². The molecule has 0 aromatic carbocycles. The molecule has 0 heterocycles. The zero-order valence-electron chi connectivity index (χ0n) is 8.93. The molecule has 0 aromatic heterocycles. The quantitative estimate of drug-likeness (QED) is 0.255. The van der Waals surface area contributed by atoms with Crippen LogP contribution in [0.15, 0.2) is 12.7 Å². The fourth-order valence-electron chi connectivity index (χ4n) is 0.425. The second kappa shape index (κ2) is 4.77. The molecule has 0 spiro atoms. The summed E-state index contributed by atoms with van der Waals surface area (Å²) in [5.74, 6) is -0.381. The highest BCUT2D eigenvalue weighted by Crippen LogP contribution is 2.18. The minimum atomic E-state index is -0.523. The number of carbonyl (C=O) groups is 1. The molecule has 0 fully saturated rings. The summed E-state index contributed by atoms with van der Waals surface area (Å²) < 4.78 is 5.73. The fraction of sp³-hybridized carbons (Fsp3) is 0.667. The maximum atomic E-state index is 10.9. The van der Waals surface area contributed by atoms with Gasteiger partial charge in [-0.05, 0) is 0 Å². The summed E-state index contributed by atoms with van der Waals surface area (Å²) in [7, 11) is 5.91. The molecule has 0 aromatic rings. The molecule has 0 aliphatic heterocycles. The summed E-state index contributed by atoms with van der Waals surface area (Å²) in [5, 5.41) is 0. The van der Waals surface area contributed by atoms with Gasteiger partial charge in [0.2, 0.25) is 5.72 Å². The number of quaternary nitrogens is 1. The fourth-order valence-corrected chi connectivity index (χ4v) is 0.425. The topological polar surface area (TPSA) is 26.3 Å². The van der Waals surface area contributed by atoms with E-state index in [4.69, 9.17) is 4.74 Å². The molecule has 13 heavy (non-hydrogen) atoms. The summed E-state index contributed by atoms with van der Waals surface area (Å²) in [5.41, 5.74) is -0.523. The van der Waals surface area contributed by atoms with Crippen LogP contribution in [-0.4, -0.2) is 37.3 Å². The summed E-state index contributed by atoms with van der Waals surface area (Å²) >= 11 is 0. The summed E-state index contributed by atoms with van der Waals surface area (Å²) in [4.78, 5) is 10.9. The van der Waals surface area contributed by atoms with Crippen LogP contribution in [0.3, 0.4) is 0 Å². The van der Waals surface area contributed by atoms with Crippen molar-refractivity contribution in [3.05, 3.63) is 12.7 Å². The number of hydrogen-bond donors (Lipinski definition) is 0. The van der Waals surface area contributed by atoms with Crippen molar-refractivity contribution in [2.45, 2.75) is 19.6 Å². The van der Waals surface area contributed by atoms with Crippen molar-refractivity contribution in [1.29, 1.82) is 0 Å². The lowest BCUT2D eigenvalue weighted by atomic mass is 10.2. The first kappa shape index (κ1) is 15.1. The molecule has 4 heteroatoms. The van der Waals surface area contributed by atoms with Gasteiger partial charge in [0.25, 0.3) is 0 Å². The van der Waals surface area contributed by atoms with Gasteiger partial charge in [0.15, 0.2) is 0 Å². The van der Waals surface area contributed by atoms with Gasteiger partial charge in [-0.2, -0.15) is 0 Å². The van der Waals surface area contributed by atoms with Crippen LogP contribution in [-0.2, 0) is 9.53 Å². The number of esters is 1. The zero-order valence-corrected chi connectivity index (χ0v) is 10.5. The monoisotopic (exact) mass is 251 g/mol. The van der Waals surface area contributed by atoms with E-state index in [9.17, 15) is 4.79 Å². The van der Waals surface area contributed by atoms with Crippen LogP contribution in [0.2, 0.25) is 0 Å². The summed E-state index contributed by atoms with van der Waals surface area (Å²) in [6.07, 6.45) is 1.18. The molecule has 0 radical (unpaired) electrons. The van der Waals surface area contributed by atoms with Crippen molar-refractivity contribution in [3.63, 3.8) is 0 Å². The maximum Gasteiger partial charge on any atom is 0.334 e. The van der Waals surface area contributed by atoms with Crippen molar-refractivity contribution in [2.24, 2.45) is 0 Å². The van der Waals surface area contributed by atoms with E-state index in [1.165, 1.54) is 6.08 Å². The molecule has 0 unspecified atom stereocenters. The van der Waals surface area contributed by atoms with E-state index in [0.717, 1.165) is 0 Å². The highest BCUT2D eigenvalue weighted by molar-refractivity contribution is 5.81. The molecule has 0 N–H and O–H groups in total. The number of halogens is 1. The van der Waals surface area contributed by atoms with E-state index < -0.39 is 5.72 Å². The molecule has 0 saturated heterocycles. The van der Waals surface area contributed by atoms with E-state index in [0.29, 0.717) is 4.48 Å². The van der Waals surface area contributed by atoms with Crippen molar-refractivity contribution >= 4 is 5.97 Å². The molecule has 0 saturated carbocycles. The van der Waals surface area contributed by atoms with Crippen LogP contribution >= 0.6 is 0 Å². The highest BCUT2D eigenvalue weighted by Gasteiger charge is 2.36. The molecule has 78 valence electrons. The van der Waals surface area contributed by atoms with Gasteiger partial charge in [-0.25, -0.2) is 4.79 Å². The third kappa shape index (κ3) is 4.43. The van der Waals surface area contributed by atoms with Crippen LogP contribution in [0.1, 0.15) is 13.8 Å². The van der Waals surface area contributed by atoms with Gasteiger partial charge >= 0.3 is 5.97 Å². The first-order chi connectivity index (χ1) is 5.20. The van der Waals surface area contributed by atoms with Gasteiger partial charge in [0.1, 0.15) is 0 Å². The third-order valence-corrected chi connectivity index (χ3v) is 2.13. The Kier molecular flexibility index (Phi) is 5.55. The first-order valence-electron chi connectivity index (χ1n) is 3.87. The predicted octanol–water partition coefficient (Wildman–Crippen LogP) is -1.84. The largest absolute Gasteiger partial charge is 1.00 e. The standard InChI is InChI=1S/C9H18NO2.BrH/c1-7-8(11)12-9(2,3)10(4,5)6;/h7H,1H2,2-6H3;1H/q+1;/p-1. The average molecular weight is 252 g/mol. The van der Waals surface area contributed by atoms with E-state index in [1.807, 2.05) is 35.0 Å². The normalized spacial score (nSPS) is 11.5. The number of carbonyl (C=O) groups excluding carboxylic acids is 1. The van der Waals surface area contributed by atoms with Crippen LogP contribution in [0.5, 0.6) is 0 Å². The predicted molar refractivity (Wildman–Crippen MR) is 48.4 cm³/mol. The number of rotatable bonds is 3. The molecule has 0 amide bonds. The Bertz CT molecular complexity index is 194. The molecule has 0 rings (SSSR count). The second-order valence-electron chi connectivity index (χ2n) is 4.08. The van der Waals surface area contributed by atoms with Crippen molar-refractivity contribution in [3.8, 4) is 0 Å². The molecule has 0 bridgehead atoms. The maximum absolute atomic E-state index is 10.9. The van der Waals surface area contributed by atoms with E-state index >= 15 is 0 Å². The van der Waals surface area contributed by atoms with Gasteiger partial charge in [-0.15, -0.1) is 0 Å². The van der Waals surface area contributed by atoms with Gasteiger partial charge in [-0.1, -0.05) is 6.58 Å². The minimum Gasteiger partial charge on any atom is -1.00 e. The Morgan fingerprint density at radius 3 is 2.00 bits per heavy atom. The Morgan fingerprint density at radius 2 is 1.77 bits per heavy atom. The minimum absolute atomic E-state index is 0. The van der Waals surface area contributed by atoms with Crippen LogP contribution in [0.25, 0.3) is 0 Å². The number of ether oxygens (including phenoxy) is 1. The lowest BCUT2D eigenvalue weighted by molar-refractivity contribution is -0.942. The average Bonchev–Trinajstić information content (AvgIpc) is 1.84. The molecule has 0 aliphatic rings. The molecular formula is C9H18BrNO2. The van der Waals surface area contributed by atoms with Gasteiger partial charge in [-0.3, -0.25) is 4.48 Å². The van der Waals surface area contributed by atoms with E-state index in [-0.39, 0.29) is 23.0 Å². The van der Waals surface area contributed by atoms with Crippen molar-refractivity contribution < 1.29 is 31.0 Å². The lowest BCUT2D eigenvalue weighted by Gasteiger charge is -2.39. The number of nitrogens with zero attached hydrogens (tertiary/aromatic N) is 1. The van der Waals surface area contributed by atoms with Crippen molar-refractivity contribution in [1.82, 2.24) is 0 Å². The van der Waals surface area contributed by atoms with Gasteiger partial charge in [0, 0.05) is 19.9 Å². The van der Waals surface area contributed by atoms with E-state index in [2.05, 4.69) is 6.58 Å². The van der Waals surface area contributed by atoms with Crippen LogP contribution in [0, 0.1) is 0 Å². The first-order valence-corrected chi connectivity index (χ1v) is 3.87. The third-order valence-electron chi connectivity index (χ3n) is 2.13. The molecular weight excluding hydrogens is 234 g/mol. The zero-order chi connectivity index (χ0) is 9.99. The smallest absolute Gasteiger partial charge is 0.334 e. The molecule has 0 atom stereocenters. The Morgan fingerprint density at radius 1 is 1.38 bits per heavy atom. The van der Waals surface area contributed by atoms with Gasteiger partial charge < -0.3 is 21.7 Å². The van der Waals surface area contributed by atoms with E-state index in [1.54, 1.807) is 0 Å². The summed E-state index contributed by atoms with van der Waals surface area (Å²) in [6.45, 7) is 7.08.